The molecule has 0 spiro atoms. The fraction of sp³-hybridized carbons (Fsp3) is 0.400. The van der Waals surface area contributed by atoms with Gasteiger partial charge in [0.05, 0.1) is 5.69 Å². The SMILES string of the molecule is Cc1nn(C)c(Cl)c1CC(CBr)(CBr)c1ccc(Cl)cc1. The van der Waals surface area contributed by atoms with Crippen molar-refractivity contribution in [1.29, 1.82) is 0 Å². The molecule has 1 aromatic carbocycles. The molecule has 2 aromatic rings. The average molecular weight is 455 g/mol. The van der Waals surface area contributed by atoms with Crippen LogP contribution in [-0.2, 0) is 18.9 Å². The molecule has 0 radical (unpaired) electrons. The van der Waals surface area contributed by atoms with Crippen molar-refractivity contribution >= 4 is 55.1 Å². The van der Waals surface area contributed by atoms with Crippen LogP contribution in [0.3, 0.4) is 0 Å². The van der Waals surface area contributed by atoms with Crippen LogP contribution in [0.2, 0.25) is 10.2 Å². The molecule has 0 unspecified atom stereocenters. The van der Waals surface area contributed by atoms with Gasteiger partial charge in [-0.2, -0.15) is 5.10 Å². The van der Waals surface area contributed by atoms with Crippen molar-refractivity contribution in [3.63, 3.8) is 0 Å². The van der Waals surface area contributed by atoms with Crippen LogP contribution >= 0.6 is 55.1 Å². The second-order valence-corrected chi connectivity index (χ2v) is 7.13. The standard InChI is InChI=1S/C15H16Br2Cl2N2/c1-10-13(14(19)21(2)20-10)7-15(8-16,9-17)11-3-5-12(18)6-4-11/h3-6H,7-9H2,1-2H3. The van der Waals surface area contributed by atoms with Crippen LogP contribution in [0.5, 0.6) is 0 Å². The van der Waals surface area contributed by atoms with Gasteiger partial charge in [-0.25, -0.2) is 0 Å². The van der Waals surface area contributed by atoms with Crippen molar-refractivity contribution < 1.29 is 0 Å². The van der Waals surface area contributed by atoms with Gasteiger partial charge in [-0.15, -0.1) is 0 Å². The van der Waals surface area contributed by atoms with E-state index in [2.05, 4.69) is 49.1 Å². The summed E-state index contributed by atoms with van der Waals surface area (Å²) in [5, 5.41) is 7.48. The van der Waals surface area contributed by atoms with E-state index in [1.165, 1.54) is 5.56 Å². The summed E-state index contributed by atoms with van der Waals surface area (Å²) in [6.07, 6.45) is 0.809. The van der Waals surface area contributed by atoms with Crippen molar-refractivity contribution in [3.05, 3.63) is 51.3 Å². The molecular formula is C15H16Br2Cl2N2. The van der Waals surface area contributed by atoms with Crippen LogP contribution in [0.4, 0.5) is 0 Å². The maximum absolute atomic E-state index is 6.40. The Morgan fingerprint density at radius 1 is 1.14 bits per heavy atom. The summed E-state index contributed by atoms with van der Waals surface area (Å²) in [5.41, 5.74) is 3.19. The number of hydrogen-bond donors (Lipinski definition) is 0. The zero-order valence-electron chi connectivity index (χ0n) is 11.8. The first-order chi connectivity index (χ1) is 9.93. The van der Waals surface area contributed by atoms with Gasteiger partial charge in [-0.3, -0.25) is 4.68 Å². The first-order valence-corrected chi connectivity index (χ1v) is 9.49. The van der Waals surface area contributed by atoms with Crippen molar-refractivity contribution in [2.24, 2.45) is 7.05 Å². The minimum absolute atomic E-state index is 0.0952. The Labute approximate surface area is 152 Å². The summed E-state index contributed by atoms with van der Waals surface area (Å²) in [7, 11) is 1.87. The highest BCUT2D eigenvalue weighted by molar-refractivity contribution is 9.09. The van der Waals surface area contributed by atoms with Gasteiger partial charge >= 0.3 is 0 Å². The Morgan fingerprint density at radius 2 is 1.71 bits per heavy atom. The van der Waals surface area contributed by atoms with E-state index in [9.17, 15) is 0 Å². The van der Waals surface area contributed by atoms with Gasteiger partial charge in [0, 0.05) is 33.7 Å². The first-order valence-electron chi connectivity index (χ1n) is 6.49. The second kappa shape index (κ2) is 7.03. The molecule has 0 N–H and O–H groups in total. The summed E-state index contributed by atoms with van der Waals surface area (Å²) in [4.78, 5) is 0. The molecule has 2 nitrogen and oxygen atoms in total. The molecular weight excluding hydrogens is 439 g/mol. The number of alkyl halides is 2. The number of aryl methyl sites for hydroxylation is 2. The Balaban J connectivity index is 2.45. The Hall–Kier alpha value is -0.0300. The molecule has 0 bridgehead atoms. The summed E-state index contributed by atoms with van der Waals surface area (Å²) in [6, 6.07) is 8.00. The number of halogens is 4. The summed E-state index contributed by atoms with van der Waals surface area (Å²) in [5.74, 6) is 0. The van der Waals surface area contributed by atoms with E-state index in [-0.39, 0.29) is 5.41 Å². The van der Waals surface area contributed by atoms with Crippen LogP contribution in [0, 0.1) is 6.92 Å². The number of benzene rings is 1. The number of rotatable bonds is 5. The Morgan fingerprint density at radius 3 is 2.14 bits per heavy atom. The van der Waals surface area contributed by atoms with Crippen LogP contribution in [0.1, 0.15) is 16.8 Å². The van der Waals surface area contributed by atoms with E-state index in [0.29, 0.717) is 5.15 Å². The highest BCUT2D eigenvalue weighted by Gasteiger charge is 2.33. The maximum Gasteiger partial charge on any atom is 0.130 e. The van der Waals surface area contributed by atoms with E-state index in [1.54, 1.807) is 4.68 Å². The molecule has 21 heavy (non-hydrogen) atoms. The quantitative estimate of drug-likeness (QED) is 0.560. The van der Waals surface area contributed by atoms with Gasteiger partial charge in [-0.05, 0) is 31.0 Å². The third-order valence-corrected chi connectivity index (χ3v) is 6.62. The lowest BCUT2D eigenvalue weighted by Gasteiger charge is -2.31. The second-order valence-electron chi connectivity index (χ2n) is 5.21. The number of nitrogens with zero attached hydrogens (tertiary/aromatic N) is 2. The predicted molar refractivity (Wildman–Crippen MR) is 97.4 cm³/mol. The topological polar surface area (TPSA) is 17.8 Å². The van der Waals surface area contributed by atoms with Gasteiger partial charge in [0.1, 0.15) is 5.15 Å². The molecule has 0 aliphatic carbocycles. The minimum atomic E-state index is -0.0952. The lowest BCUT2D eigenvalue weighted by molar-refractivity contribution is 0.549. The van der Waals surface area contributed by atoms with Crippen LogP contribution in [-0.4, -0.2) is 20.4 Å². The number of hydrogen-bond acceptors (Lipinski definition) is 1. The lowest BCUT2D eigenvalue weighted by atomic mass is 9.79. The molecule has 114 valence electrons. The Bertz CT molecular complexity index is 619. The lowest BCUT2D eigenvalue weighted by Crippen LogP contribution is -2.33. The summed E-state index contributed by atoms with van der Waals surface area (Å²) < 4.78 is 1.72. The third-order valence-electron chi connectivity index (χ3n) is 3.75. The van der Waals surface area contributed by atoms with Crippen molar-refractivity contribution in [2.45, 2.75) is 18.8 Å². The molecule has 2 rings (SSSR count). The normalized spacial score (nSPS) is 11.9. The molecule has 0 atom stereocenters. The summed E-state index contributed by atoms with van der Waals surface area (Å²) >= 11 is 19.7. The maximum atomic E-state index is 6.40. The fourth-order valence-electron chi connectivity index (χ4n) is 2.40. The third kappa shape index (κ3) is 3.49. The highest BCUT2D eigenvalue weighted by Crippen LogP contribution is 2.36. The van der Waals surface area contributed by atoms with Crippen LogP contribution in [0.25, 0.3) is 0 Å². The monoisotopic (exact) mass is 452 g/mol. The van der Waals surface area contributed by atoms with Crippen molar-refractivity contribution in [3.8, 4) is 0 Å². The highest BCUT2D eigenvalue weighted by atomic mass is 79.9. The largest absolute Gasteiger partial charge is 0.257 e. The predicted octanol–water partition coefficient (Wildman–Crippen LogP) is 5.31. The van der Waals surface area contributed by atoms with E-state index in [1.807, 2.05) is 26.1 Å². The average Bonchev–Trinajstić information content (AvgIpc) is 2.72. The number of aromatic nitrogens is 2. The molecule has 0 amide bonds. The smallest absolute Gasteiger partial charge is 0.130 e. The molecule has 0 saturated heterocycles. The van der Waals surface area contributed by atoms with Crippen molar-refractivity contribution in [2.75, 3.05) is 10.7 Å². The first kappa shape index (κ1) is 17.3. The zero-order valence-corrected chi connectivity index (χ0v) is 16.5. The zero-order chi connectivity index (χ0) is 15.6. The van der Waals surface area contributed by atoms with Gasteiger partial charge in [0.15, 0.2) is 0 Å². The summed E-state index contributed by atoms with van der Waals surface area (Å²) in [6.45, 7) is 2.00. The fourth-order valence-corrected chi connectivity index (χ4v) is 4.74. The molecule has 6 heteroatoms. The van der Waals surface area contributed by atoms with Gasteiger partial charge in [0.25, 0.3) is 0 Å². The minimum Gasteiger partial charge on any atom is -0.257 e. The van der Waals surface area contributed by atoms with Crippen LogP contribution < -0.4 is 0 Å². The van der Waals surface area contributed by atoms with E-state index >= 15 is 0 Å². The van der Waals surface area contributed by atoms with E-state index < -0.39 is 0 Å². The van der Waals surface area contributed by atoms with E-state index in [4.69, 9.17) is 23.2 Å². The Kier molecular flexibility index (Phi) is 5.80. The molecule has 1 aromatic heterocycles. The molecule has 0 aliphatic heterocycles. The molecule has 0 fully saturated rings. The van der Waals surface area contributed by atoms with Crippen LogP contribution in [0.15, 0.2) is 24.3 Å². The molecule has 1 heterocycles. The molecule has 0 aliphatic rings. The van der Waals surface area contributed by atoms with Crippen molar-refractivity contribution in [1.82, 2.24) is 9.78 Å². The van der Waals surface area contributed by atoms with Gasteiger partial charge in [-0.1, -0.05) is 67.2 Å². The van der Waals surface area contributed by atoms with Gasteiger partial charge in [0.2, 0.25) is 0 Å². The molecule has 0 saturated carbocycles. The van der Waals surface area contributed by atoms with E-state index in [0.717, 1.165) is 33.4 Å². The van der Waals surface area contributed by atoms with Gasteiger partial charge < -0.3 is 0 Å².